The molecule has 29 heavy (non-hydrogen) atoms. The van der Waals surface area contributed by atoms with Gasteiger partial charge in [-0.3, -0.25) is 25.1 Å². The van der Waals surface area contributed by atoms with Crippen molar-refractivity contribution in [2.75, 3.05) is 10.7 Å². The van der Waals surface area contributed by atoms with E-state index in [2.05, 4.69) is 25.8 Å². The quantitative estimate of drug-likeness (QED) is 0.208. The molecule has 0 aliphatic carbocycles. The number of aromatic amines is 2. The van der Waals surface area contributed by atoms with Gasteiger partial charge in [-0.15, -0.1) is 0 Å². The number of nitro groups is 1. The van der Waals surface area contributed by atoms with Crippen LogP contribution in [0.15, 0.2) is 46.3 Å². The number of nitrogens with zero attached hydrogens (tertiary/aromatic N) is 2. The number of rotatable bonds is 6. The van der Waals surface area contributed by atoms with Gasteiger partial charge in [0.2, 0.25) is 0 Å². The number of fused-ring (bicyclic) bond motifs is 1. The van der Waals surface area contributed by atoms with E-state index < -0.39 is 28.0 Å². The highest BCUT2D eigenvalue weighted by atomic mass is 35.5. The molecule has 0 unspecified atom stereocenters. The van der Waals surface area contributed by atoms with Crippen molar-refractivity contribution in [1.29, 1.82) is 0 Å². The maximum atomic E-state index is 12.5. The molecule has 0 atom stereocenters. The summed E-state index contributed by atoms with van der Waals surface area (Å²) in [5.41, 5.74) is 2.36. The number of H-pyrrole nitrogens is 2. The zero-order valence-corrected chi connectivity index (χ0v) is 15.5. The van der Waals surface area contributed by atoms with E-state index in [1.807, 2.05) is 0 Å². The van der Waals surface area contributed by atoms with Crippen molar-refractivity contribution in [2.24, 2.45) is 5.10 Å². The molecule has 0 fully saturated rings. The standard InChI is InChI=1S/C17H13ClN6O5/c1-8(25)15(23-22-12-4-2-9(18)6-14(12)24(28)29)16(26)19-10-3-5-11-13(7-10)21-17(27)20-11/h2-7,22H,1H3,(H,19,26)(H2,20,21,27)/b23-15-. The maximum absolute atomic E-state index is 12.5. The number of hydrazone groups is 1. The second-order valence-electron chi connectivity index (χ2n) is 5.84. The van der Waals surface area contributed by atoms with Crippen molar-refractivity contribution >= 4 is 57.1 Å². The van der Waals surface area contributed by atoms with Crippen LogP contribution >= 0.6 is 11.6 Å². The predicted molar refractivity (Wildman–Crippen MR) is 107 cm³/mol. The largest absolute Gasteiger partial charge is 0.323 e. The first-order valence-corrected chi connectivity index (χ1v) is 8.44. The summed E-state index contributed by atoms with van der Waals surface area (Å²) in [7, 11) is 0. The normalized spacial score (nSPS) is 11.3. The molecule has 0 bridgehead atoms. The van der Waals surface area contributed by atoms with Gasteiger partial charge in [-0.25, -0.2) is 4.79 Å². The lowest BCUT2D eigenvalue weighted by molar-refractivity contribution is -0.383. The summed E-state index contributed by atoms with van der Waals surface area (Å²) in [5.74, 6) is -1.50. The summed E-state index contributed by atoms with van der Waals surface area (Å²) < 4.78 is 0. The van der Waals surface area contributed by atoms with Crippen molar-refractivity contribution in [3.63, 3.8) is 0 Å². The van der Waals surface area contributed by atoms with Gasteiger partial charge < -0.3 is 15.3 Å². The highest BCUT2D eigenvalue weighted by Gasteiger charge is 2.19. The number of imidazole rings is 1. The van der Waals surface area contributed by atoms with Crippen LogP contribution in [0.1, 0.15) is 6.92 Å². The van der Waals surface area contributed by atoms with Crippen LogP contribution in [0.2, 0.25) is 5.02 Å². The Labute approximate surface area is 166 Å². The predicted octanol–water partition coefficient (Wildman–Crippen LogP) is 2.41. The average Bonchev–Trinajstić information content (AvgIpc) is 3.01. The van der Waals surface area contributed by atoms with Gasteiger partial charge in [0, 0.05) is 23.7 Å². The first kappa shape index (κ1) is 19.8. The van der Waals surface area contributed by atoms with Gasteiger partial charge in [-0.05, 0) is 30.3 Å². The lowest BCUT2D eigenvalue weighted by Crippen LogP contribution is -2.29. The number of anilines is 2. The van der Waals surface area contributed by atoms with Crippen LogP contribution in [0.25, 0.3) is 11.0 Å². The minimum Gasteiger partial charge on any atom is -0.320 e. The number of hydrogen-bond donors (Lipinski definition) is 4. The van der Waals surface area contributed by atoms with Crippen molar-refractivity contribution in [2.45, 2.75) is 6.92 Å². The molecule has 1 heterocycles. The number of ketones is 1. The molecule has 148 valence electrons. The molecular formula is C17H13ClN6O5. The summed E-state index contributed by atoms with van der Waals surface area (Å²) in [6, 6.07) is 8.41. The molecule has 3 aromatic rings. The number of benzene rings is 2. The van der Waals surface area contributed by atoms with Crippen LogP contribution in [0.5, 0.6) is 0 Å². The number of Topliss-reactive ketones (excluding diaryl/α,β-unsaturated/α-hetero) is 1. The van der Waals surface area contributed by atoms with E-state index in [0.717, 1.165) is 13.0 Å². The molecule has 0 saturated carbocycles. The zero-order chi connectivity index (χ0) is 21.1. The number of amides is 1. The molecule has 0 saturated heterocycles. The Morgan fingerprint density at radius 1 is 1.14 bits per heavy atom. The number of carbonyl (C=O) groups is 2. The molecule has 1 aromatic heterocycles. The molecule has 1 amide bonds. The van der Waals surface area contributed by atoms with Gasteiger partial charge in [-0.2, -0.15) is 5.10 Å². The van der Waals surface area contributed by atoms with Gasteiger partial charge in [0.05, 0.1) is 16.0 Å². The summed E-state index contributed by atoms with van der Waals surface area (Å²) >= 11 is 5.75. The Morgan fingerprint density at radius 3 is 2.55 bits per heavy atom. The maximum Gasteiger partial charge on any atom is 0.323 e. The van der Waals surface area contributed by atoms with Crippen LogP contribution in [0, 0.1) is 10.1 Å². The Hall–Kier alpha value is -3.99. The number of hydrogen-bond acceptors (Lipinski definition) is 7. The smallest absolute Gasteiger partial charge is 0.320 e. The number of aromatic nitrogens is 2. The van der Waals surface area contributed by atoms with E-state index in [4.69, 9.17) is 11.6 Å². The fourth-order valence-corrected chi connectivity index (χ4v) is 2.62. The number of halogens is 1. The molecule has 0 aliphatic heterocycles. The monoisotopic (exact) mass is 416 g/mol. The van der Waals surface area contributed by atoms with Crippen LogP contribution in [0.4, 0.5) is 17.1 Å². The summed E-state index contributed by atoms with van der Waals surface area (Å²) in [4.78, 5) is 51.2. The van der Waals surface area contributed by atoms with Gasteiger partial charge in [0.1, 0.15) is 5.69 Å². The third-order valence-corrected chi connectivity index (χ3v) is 4.00. The van der Waals surface area contributed by atoms with Crippen LogP contribution in [-0.2, 0) is 9.59 Å². The van der Waals surface area contributed by atoms with E-state index in [1.54, 1.807) is 6.07 Å². The van der Waals surface area contributed by atoms with Gasteiger partial charge >= 0.3 is 5.69 Å². The van der Waals surface area contributed by atoms with Gasteiger partial charge in [0.25, 0.3) is 11.6 Å². The van der Waals surface area contributed by atoms with Crippen LogP contribution in [-0.4, -0.2) is 32.3 Å². The zero-order valence-electron chi connectivity index (χ0n) is 14.8. The second-order valence-corrected chi connectivity index (χ2v) is 6.28. The lowest BCUT2D eigenvalue weighted by atomic mass is 10.2. The highest BCUT2D eigenvalue weighted by Crippen LogP contribution is 2.27. The molecule has 4 N–H and O–H groups in total. The number of nitrogens with one attached hydrogen (secondary N) is 4. The molecule has 12 heteroatoms. The summed E-state index contributed by atoms with van der Waals surface area (Å²) in [5, 5.41) is 17.5. The van der Waals surface area contributed by atoms with E-state index in [-0.39, 0.29) is 16.4 Å². The van der Waals surface area contributed by atoms with Crippen molar-refractivity contribution in [3.8, 4) is 0 Å². The fourth-order valence-electron chi connectivity index (χ4n) is 2.46. The summed E-state index contributed by atoms with van der Waals surface area (Å²) in [6.07, 6.45) is 0. The van der Waals surface area contributed by atoms with Crippen LogP contribution in [0.3, 0.4) is 0 Å². The molecule has 2 aromatic carbocycles. The van der Waals surface area contributed by atoms with Crippen molar-refractivity contribution in [3.05, 3.63) is 62.0 Å². The Bertz CT molecular complexity index is 1230. The molecule has 0 spiro atoms. The van der Waals surface area contributed by atoms with E-state index >= 15 is 0 Å². The minimum absolute atomic E-state index is 0.0442. The molecule has 3 rings (SSSR count). The second kappa shape index (κ2) is 7.94. The topological polar surface area (TPSA) is 162 Å². The molecular weight excluding hydrogens is 404 g/mol. The van der Waals surface area contributed by atoms with Gasteiger partial charge in [0.15, 0.2) is 11.5 Å². The highest BCUT2D eigenvalue weighted by molar-refractivity contribution is 6.67. The van der Waals surface area contributed by atoms with E-state index in [1.165, 1.54) is 24.3 Å². The Morgan fingerprint density at radius 2 is 1.86 bits per heavy atom. The third-order valence-electron chi connectivity index (χ3n) is 3.77. The van der Waals surface area contributed by atoms with E-state index in [0.29, 0.717) is 16.7 Å². The molecule has 0 aliphatic rings. The first-order chi connectivity index (χ1) is 13.7. The SMILES string of the molecule is CC(=O)/C(=N/Nc1ccc(Cl)cc1[N+](=O)[O-])C(=O)Nc1ccc2[nH]c(=O)[nH]c2c1. The number of nitro benzene ring substituents is 1. The summed E-state index contributed by atoms with van der Waals surface area (Å²) in [6.45, 7) is 1.13. The number of carbonyl (C=O) groups excluding carboxylic acids is 2. The van der Waals surface area contributed by atoms with E-state index in [9.17, 15) is 24.5 Å². The Kier molecular flexibility index (Phi) is 5.41. The fraction of sp³-hybridized carbons (Fsp3) is 0.0588. The molecule has 0 radical (unpaired) electrons. The van der Waals surface area contributed by atoms with Gasteiger partial charge in [-0.1, -0.05) is 11.6 Å². The van der Waals surface area contributed by atoms with Crippen molar-refractivity contribution in [1.82, 2.24) is 9.97 Å². The Balaban J connectivity index is 1.85. The minimum atomic E-state index is -0.834. The molecule has 11 nitrogen and oxygen atoms in total. The van der Waals surface area contributed by atoms with Crippen LogP contribution < -0.4 is 16.4 Å². The lowest BCUT2D eigenvalue weighted by Gasteiger charge is -2.07. The first-order valence-electron chi connectivity index (χ1n) is 8.06. The van der Waals surface area contributed by atoms with Crippen molar-refractivity contribution < 1.29 is 14.5 Å². The average molecular weight is 417 g/mol. The third kappa shape index (κ3) is 4.47.